The van der Waals surface area contributed by atoms with Gasteiger partial charge in [0.1, 0.15) is 0 Å². The smallest absolute Gasteiger partial charge is 0.0480 e. The lowest BCUT2D eigenvalue weighted by Crippen LogP contribution is -2.43. The maximum absolute atomic E-state index is 3.75. The third kappa shape index (κ3) is 2.70. The Bertz CT molecular complexity index is 425. The predicted molar refractivity (Wildman–Crippen MR) is 80.4 cm³/mol. The van der Waals surface area contributed by atoms with Crippen LogP contribution in [0.4, 0.5) is 0 Å². The lowest BCUT2D eigenvalue weighted by atomic mass is 9.95. The second kappa shape index (κ2) is 5.64. The quantitative estimate of drug-likeness (QED) is 0.835. The summed E-state index contributed by atoms with van der Waals surface area (Å²) < 4.78 is 0. The molecule has 2 atom stereocenters. The van der Waals surface area contributed by atoms with Gasteiger partial charge in [-0.25, -0.2) is 0 Å². The van der Waals surface area contributed by atoms with Crippen LogP contribution in [-0.2, 0) is 6.42 Å². The van der Waals surface area contributed by atoms with Gasteiger partial charge in [0.2, 0.25) is 0 Å². The maximum atomic E-state index is 3.75. The van der Waals surface area contributed by atoms with Crippen LogP contribution in [0.2, 0.25) is 0 Å². The topological polar surface area (TPSA) is 15.3 Å². The van der Waals surface area contributed by atoms with Gasteiger partial charge in [-0.2, -0.15) is 0 Å². The van der Waals surface area contributed by atoms with Crippen LogP contribution in [0.1, 0.15) is 49.8 Å². The van der Waals surface area contributed by atoms with Gasteiger partial charge in [0.05, 0.1) is 0 Å². The molecule has 0 aliphatic heterocycles. The van der Waals surface area contributed by atoms with E-state index in [2.05, 4.69) is 48.5 Å². The maximum Gasteiger partial charge on any atom is 0.0480 e. The first-order valence-corrected chi connectivity index (χ1v) is 7.84. The van der Waals surface area contributed by atoms with E-state index in [0.717, 1.165) is 12.6 Å². The third-order valence-corrected chi connectivity index (χ3v) is 4.79. The molecule has 1 saturated carbocycles. The molecule has 1 aromatic carbocycles. The standard InChI is InChI=1S/C17H26N2/c1-3-18-17-15-9-5-4-7-13(15)8-6-10-16(17)19(2)14-11-12-14/h4-5,7,9,14,16-18H,3,6,8,10-12H2,1-2H3. The zero-order valence-corrected chi connectivity index (χ0v) is 12.2. The van der Waals surface area contributed by atoms with E-state index in [1.165, 1.54) is 32.1 Å². The molecule has 1 aromatic rings. The Hall–Kier alpha value is -0.860. The first-order valence-electron chi connectivity index (χ1n) is 7.84. The average molecular weight is 258 g/mol. The first kappa shape index (κ1) is 13.1. The van der Waals surface area contributed by atoms with Gasteiger partial charge in [0, 0.05) is 18.1 Å². The van der Waals surface area contributed by atoms with Crippen molar-refractivity contribution in [2.24, 2.45) is 0 Å². The summed E-state index contributed by atoms with van der Waals surface area (Å²) in [6.07, 6.45) is 6.67. The molecule has 1 fully saturated rings. The molecule has 0 saturated heterocycles. The Balaban J connectivity index is 1.91. The van der Waals surface area contributed by atoms with E-state index in [0.29, 0.717) is 12.1 Å². The van der Waals surface area contributed by atoms with Crippen molar-refractivity contribution in [1.82, 2.24) is 10.2 Å². The number of rotatable bonds is 4. The van der Waals surface area contributed by atoms with Gasteiger partial charge in [-0.3, -0.25) is 4.90 Å². The van der Waals surface area contributed by atoms with Crippen LogP contribution in [0, 0.1) is 0 Å². The van der Waals surface area contributed by atoms with Crippen LogP contribution >= 0.6 is 0 Å². The van der Waals surface area contributed by atoms with Gasteiger partial charge >= 0.3 is 0 Å². The minimum Gasteiger partial charge on any atom is -0.309 e. The van der Waals surface area contributed by atoms with Gasteiger partial charge in [-0.1, -0.05) is 31.2 Å². The van der Waals surface area contributed by atoms with Crippen molar-refractivity contribution >= 4 is 0 Å². The van der Waals surface area contributed by atoms with Crippen molar-refractivity contribution in [2.45, 2.75) is 57.2 Å². The highest BCUT2D eigenvalue weighted by atomic mass is 15.2. The summed E-state index contributed by atoms with van der Waals surface area (Å²) >= 11 is 0. The number of likely N-dealkylation sites (N-methyl/N-ethyl adjacent to an activating group) is 2. The monoisotopic (exact) mass is 258 g/mol. The molecule has 1 N–H and O–H groups in total. The summed E-state index contributed by atoms with van der Waals surface area (Å²) in [4.78, 5) is 2.65. The number of fused-ring (bicyclic) bond motifs is 1. The zero-order valence-electron chi connectivity index (χ0n) is 12.2. The molecule has 2 heteroatoms. The third-order valence-electron chi connectivity index (χ3n) is 4.79. The van der Waals surface area contributed by atoms with Gasteiger partial charge in [0.15, 0.2) is 0 Å². The number of nitrogens with zero attached hydrogens (tertiary/aromatic N) is 1. The lowest BCUT2D eigenvalue weighted by molar-refractivity contribution is 0.175. The fraction of sp³-hybridized carbons (Fsp3) is 0.647. The molecule has 0 amide bonds. The van der Waals surface area contributed by atoms with Crippen LogP contribution in [0.5, 0.6) is 0 Å². The van der Waals surface area contributed by atoms with E-state index in [4.69, 9.17) is 0 Å². The zero-order chi connectivity index (χ0) is 13.2. The molecule has 19 heavy (non-hydrogen) atoms. The molecular weight excluding hydrogens is 232 g/mol. The number of hydrogen-bond acceptors (Lipinski definition) is 2. The molecule has 2 unspecified atom stereocenters. The van der Waals surface area contributed by atoms with Crippen molar-refractivity contribution in [3.05, 3.63) is 35.4 Å². The highest BCUT2D eigenvalue weighted by molar-refractivity contribution is 5.32. The Morgan fingerprint density at radius 2 is 2.00 bits per heavy atom. The van der Waals surface area contributed by atoms with Crippen molar-refractivity contribution in [3.8, 4) is 0 Å². The molecule has 3 rings (SSSR count). The van der Waals surface area contributed by atoms with Gasteiger partial charge in [-0.05, 0) is 56.8 Å². The van der Waals surface area contributed by atoms with E-state index in [9.17, 15) is 0 Å². The SMILES string of the molecule is CCNC1c2ccccc2CCCC1N(C)C1CC1. The summed E-state index contributed by atoms with van der Waals surface area (Å²) in [7, 11) is 2.33. The van der Waals surface area contributed by atoms with E-state index in [1.807, 2.05) is 0 Å². The Morgan fingerprint density at radius 3 is 2.74 bits per heavy atom. The molecule has 0 spiro atoms. The van der Waals surface area contributed by atoms with Crippen molar-refractivity contribution in [3.63, 3.8) is 0 Å². The Morgan fingerprint density at radius 1 is 1.21 bits per heavy atom. The molecule has 0 aromatic heterocycles. The average Bonchev–Trinajstić information content (AvgIpc) is 3.25. The lowest BCUT2D eigenvalue weighted by Gasteiger charge is -2.35. The molecule has 2 aliphatic rings. The molecule has 0 heterocycles. The minimum absolute atomic E-state index is 0.509. The molecule has 0 bridgehead atoms. The highest BCUT2D eigenvalue weighted by Gasteiger charge is 2.36. The number of benzene rings is 1. The van der Waals surface area contributed by atoms with Crippen LogP contribution in [-0.4, -0.2) is 30.6 Å². The van der Waals surface area contributed by atoms with Gasteiger partial charge in [-0.15, -0.1) is 0 Å². The van der Waals surface area contributed by atoms with Gasteiger partial charge in [0.25, 0.3) is 0 Å². The summed E-state index contributed by atoms with van der Waals surface area (Å²) in [5, 5.41) is 3.75. The molecular formula is C17H26N2. The minimum atomic E-state index is 0.509. The second-order valence-electron chi connectivity index (χ2n) is 6.09. The summed E-state index contributed by atoms with van der Waals surface area (Å²) in [5.74, 6) is 0. The number of hydrogen-bond donors (Lipinski definition) is 1. The summed E-state index contributed by atoms with van der Waals surface area (Å²) in [6.45, 7) is 3.27. The fourth-order valence-corrected chi connectivity index (χ4v) is 3.60. The number of aryl methyl sites for hydroxylation is 1. The van der Waals surface area contributed by atoms with Crippen LogP contribution in [0.25, 0.3) is 0 Å². The molecule has 104 valence electrons. The Labute approximate surface area is 117 Å². The van der Waals surface area contributed by atoms with Crippen LogP contribution in [0.3, 0.4) is 0 Å². The largest absolute Gasteiger partial charge is 0.309 e. The van der Waals surface area contributed by atoms with Crippen molar-refractivity contribution in [2.75, 3.05) is 13.6 Å². The second-order valence-corrected chi connectivity index (χ2v) is 6.09. The molecule has 2 nitrogen and oxygen atoms in total. The predicted octanol–water partition coefficient (Wildman–Crippen LogP) is 3.14. The first-order chi connectivity index (χ1) is 9.31. The molecule has 0 radical (unpaired) electrons. The number of nitrogens with one attached hydrogen (secondary N) is 1. The van der Waals surface area contributed by atoms with E-state index >= 15 is 0 Å². The highest BCUT2D eigenvalue weighted by Crippen LogP contribution is 2.36. The van der Waals surface area contributed by atoms with E-state index < -0.39 is 0 Å². The fourth-order valence-electron chi connectivity index (χ4n) is 3.60. The normalized spacial score (nSPS) is 27.1. The van der Waals surface area contributed by atoms with Crippen molar-refractivity contribution in [1.29, 1.82) is 0 Å². The van der Waals surface area contributed by atoms with Crippen LogP contribution in [0.15, 0.2) is 24.3 Å². The van der Waals surface area contributed by atoms with Crippen LogP contribution < -0.4 is 5.32 Å². The van der Waals surface area contributed by atoms with Gasteiger partial charge < -0.3 is 5.32 Å². The summed E-state index contributed by atoms with van der Waals surface area (Å²) in [5.41, 5.74) is 3.10. The Kier molecular flexibility index (Phi) is 3.90. The van der Waals surface area contributed by atoms with E-state index in [1.54, 1.807) is 11.1 Å². The summed E-state index contributed by atoms with van der Waals surface area (Å²) in [6, 6.07) is 11.1. The molecule has 2 aliphatic carbocycles. The van der Waals surface area contributed by atoms with E-state index in [-0.39, 0.29) is 0 Å². The van der Waals surface area contributed by atoms with Crippen molar-refractivity contribution < 1.29 is 0 Å².